The number of rotatable bonds is 6. The summed E-state index contributed by atoms with van der Waals surface area (Å²) < 4.78 is 11.2. The zero-order chi connectivity index (χ0) is 23.8. The molecule has 2 aromatic rings. The fraction of sp³-hybridized carbons (Fsp3) is 0.346. The van der Waals surface area contributed by atoms with Crippen LogP contribution in [0.3, 0.4) is 0 Å². The first-order valence-electron chi connectivity index (χ1n) is 10.4. The first-order valence-corrected chi connectivity index (χ1v) is 10.4. The molecule has 0 saturated heterocycles. The Hall–Kier alpha value is -3.41. The van der Waals surface area contributed by atoms with Crippen molar-refractivity contribution in [3.05, 3.63) is 64.8 Å². The quantitative estimate of drug-likeness (QED) is 0.540. The fourth-order valence-electron chi connectivity index (χ4n) is 3.85. The van der Waals surface area contributed by atoms with Crippen molar-refractivity contribution in [1.82, 2.24) is 0 Å². The lowest BCUT2D eigenvalue weighted by Gasteiger charge is -2.29. The molecule has 0 aromatic heterocycles. The Labute approximate surface area is 188 Å². The first-order chi connectivity index (χ1) is 15.0. The van der Waals surface area contributed by atoms with Crippen molar-refractivity contribution >= 4 is 5.78 Å². The average molecular weight is 439 g/mol. The molecule has 0 fully saturated rings. The minimum atomic E-state index is -0.760. The van der Waals surface area contributed by atoms with Gasteiger partial charge < -0.3 is 24.8 Å². The third kappa shape index (κ3) is 4.05. The molecule has 170 valence electrons. The molecule has 32 heavy (non-hydrogen) atoms. The SMILES string of the molecule is C=CC(C)(C)c1cc([C@@H]2COc3cc(O)c(CC=C(C)C)c(O)c3C2=O)c(OC)cc1O. The van der Waals surface area contributed by atoms with Gasteiger partial charge >= 0.3 is 0 Å². The molecule has 1 atom stereocenters. The molecule has 1 aliphatic heterocycles. The van der Waals surface area contributed by atoms with Gasteiger partial charge in [0.2, 0.25) is 0 Å². The largest absolute Gasteiger partial charge is 0.507 e. The molecule has 3 rings (SSSR count). The summed E-state index contributed by atoms with van der Waals surface area (Å²) in [7, 11) is 1.46. The van der Waals surface area contributed by atoms with Crippen LogP contribution in [0.5, 0.6) is 28.7 Å². The van der Waals surface area contributed by atoms with Gasteiger partial charge in [0.1, 0.15) is 40.9 Å². The Morgan fingerprint density at radius 2 is 1.91 bits per heavy atom. The highest BCUT2D eigenvalue weighted by molar-refractivity contribution is 6.07. The molecule has 0 spiro atoms. The minimum Gasteiger partial charge on any atom is -0.507 e. The number of ketones is 1. The molecule has 0 saturated carbocycles. The lowest BCUT2D eigenvalue weighted by molar-refractivity contribution is 0.0889. The van der Waals surface area contributed by atoms with Crippen molar-refractivity contribution in [2.45, 2.75) is 45.4 Å². The van der Waals surface area contributed by atoms with Crippen LogP contribution in [0.2, 0.25) is 0 Å². The number of phenolic OH excluding ortho intramolecular Hbond substituents is 3. The third-order valence-corrected chi connectivity index (χ3v) is 5.96. The average Bonchev–Trinajstić information content (AvgIpc) is 2.73. The maximum atomic E-state index is 13.5. The number of phenols is 3. The Morgan fingerprint density at radius 3 is 2.50 bits per heavy atom. The number of hydrogen-bond donors (Lipinski definition) is 3. The molecule has 2 aromatic carbocycles. The van der Waals surface area contributed by atoms with Crippen LogP contribution >= 0.6 is 0 Å². The van der Waals surface area contributed by atoms with E-state index in [0.29, 0.717) is 16.9 Å². The number of allylic oxidation sites excluding steroid dienone is 3. The highest BCUT2D eigenvalue weighted by Crippen LogP contribution is 2.46. The smallest absolute Gasteiger partial charge is 0.181 e. The van der Waals surface area contributed by atoms with Crippen molar-refractivity contribution in [3.63, 3.8) is 0 Å². The summed E-state index contributed by atoms with van der Waals surface area (Å²) in [5.74, 6) is -0.973. The van der Waals surface area contributed by atoms with E-state index in [9.17, 15) is 20.1 Å². The molecular weight excluding hydrogens is 408 g/mol. The van der Waals surface area contributed by atoms with Crippen molar-refractivity contribution in [2.24, 2.45) is 0 Å². The van der Waals surface area contributed by atoms with Gasteiger partial charge in [-0.15, -0.1) is 6.58 Å². The fourth-order valence-corrected chi connectivity index (χ4v) is 3.85. The molecule has 0 aliphatic carbocycles. The minimum absolute atomic E-state index is 0.00707. The second-order valence-corrected chi connectivity index (χ2v) is 8.85. The van der Waals surface area contributed by atoms with E-state index in [1.807, 2.05) is 33.8 Å². The number of aromatic hydroxyl groups is 3. The third-order valence-electron chi connectivity index (χ3n) is 5.96. The zero-order valence-electron chi connectivity index (χ0n) is 19.2. The van der Waals surface area contributed by atoms with Gasteiger partial charge in [0.15, 0.2) is 5.78 Å². The van der Waals surface area contributed by atoms with Gasteiger partial charge in [-0.25, -0.2) is 0 Å². The number of carbonyl (C=O) groups is 1. The van der Waals surface area contributed by atoms with Crippen molar-refractivity contribution in [2.75, 3.05) is 13.7 Å². The summed E-state index contributed by atoms with van der Waals surface area (Å²) in [6.45, 7) is 11.5. The number of carbonyl (C=O) groups excluding carboxylic acids is 1. The summed E-state index contributed by atoms with van der Waals surface area (Å²) in [6, 6.07) is 4.58. The van der Waals surface area contributed by atoms with E-state index in [0.717, 1.165) is 5.57 Å². The maximum Gasteiger partial charge on any atom is 0.181 e. The molecule has 0 bridgehead atoms. The van der Waals surface area contributed by atoms with Crippen LogP contribution in [0.15, 0.2) is 42.5 Å². The number of Topliss-reactive ketones (excluding diaryl/α,β-unsaturated/α-hetero) is 1. The van der Waals surface area contributed by atoms with Crippen LogP contribution in [-0.2, 0) is 11.8 Å². The summed E-state index contributed by atoms with van der Waals surface area (Å²) >= 11 is 0. The lowest BCUT2D eigenvalue weighted by atomic mass is 9.80. The second-order valence-electron chi connectivity index (χ2n) is 8.85. The van der Waals surface area contributed by atoms with Gasteiger partial charge in [-0.3, -0.25) is 4.79 Å². The van der Waals surface area contributed by atoms with Crippen molar-refractivity contribution in [1.29, 1.82) is 0 Å². The summed E-state index contributed by atoms with van der Waals surface area (Å²) in [5.41, 5.74) is 1.93. The van der Waals surface area contributed by atoms with Gasteiger partial charge in [0.05, 0.1) is 13.0 Å². The first kappa shape index (κ1) is 23.3. The van der Waals surface area contributed by atoms with E-state index in [2.05, 4.69) is 6.58 Å². The molecule has 1 aliphatic rings. The van der Waals surface area contributed by atoms with Gasteiger partial charge in [-0.1, -0.05) is 31.6 Å². The van der Waals surface area contributed by atoms with Crippen molar-refractivity contribution in [3.8, 4) is 28.7 Å². The number of hydrogen-bond acceptors (Lipinski definition) is 6. The molecule has 6 nitrogen and oxygen atoms in total. The molecule has 0 amide bonds. The van der Waals surface area contributed by atoms with Gasteiger partial charge in [0, 0.05) is 34.2 Å². The lowest BCUT2D eigenvalue weighted by Crippen LogP contribution is -2.27. The molecule has 0 unspecified atom stereocenters. The topological polar surface area (TPSA) is 96.2 Å². The number of benzene rings is 2. The molecule has 6 heteroatoms. The summed E-state index contributed by atoms with van der Waals surface area (Å²) in [5, 5.41) is 31.8. The summed E-state index contributed by atoms with van der Waals surface area (Å²) in [6.07, 6.45) is 3.86. The molecule has 0 radical (unpaired) electrons. The molecular formula is C26H30O6. The van der Waals surface area contributed by atoms with Crippen LogP contribution in [0.4, 0.5) is 0 Å². The monoisotopic (exact) mass is 438 g/mol. The Balaban J connectivity index is 2.14. The predicted octanol–water partition coefficient (Wildman–Crippen LogP) is 5.14. The normalized spacial score (nSPS) is 15.5. The maximum absolute atomic E-state index is 13.5. The Bertz CT molecular complexity index is 1110. The van der Waals surface area contributed by atoms with Gasteiger partial charge in [-0.05, 0) is 26.3 Å². The van der Waals surface area contributed by atoms with E-state index < -0.39 is 11.3 Å². The zero-order valence-corrected chi connectivity index (χ0v) is 19.2. The van der Waals surface area contributed by atoms with E-state index in [4.69, 9.17) is 9.47 Å². The van der Waals surface area contributed by atoms with Crippen LogP contribution in [0.1, 0.15) is 60.7 Å². The van der Waals surface area contributed by atoms with E-state index in [-0.39, 0.29) is 52.9 Å². The number of methoxy groups -OCH3 is 1. The van der Waals surface area contributed by atoms with E-state index >= 15 is 0 Å². The van der Waals surface area contributed by atoms with Crippen LogP contribution in [0.25, 0.3) is 0 Å². The Morgan fingerprint density at radius 1 is 1.22 bits per heavy atom. The standard InChI is InChI=1S/C26H30O6/c1-7-26(4,5)18-10-16(21(31-6)12-20(18)28)17-13-32-22-11-19(27)15(9-8-14(2)3)24(29)23(22)25(17)30/h7-8,10-12,17,27-29H,1,9,13H2,2-6H3/t17-/m0/s1. The second kappa shape index (κ2) is 8.61. The molecule has 3 N–H and O–H groups in total. The van der Waals surface area contributed by atoms with Crippen LogP contribution < -0.4 is 9.47 Å². The molecule has 1 heterocycles. The van der Waals surface area contributed by atoms with Gasteiger partial charge in [-0.2, -0.15) is 0 Å². The van der Waals surface area contributed by atoms with Gasteiger partial charge in [0.25, 0.3) is 0 Å². The van der Waals surface area contributed by atoms with E-state index in [1.165, 1.54) is 19.2 Å². The highest BCUT2D eigenvalue weighted by atomic mass is 16.5. The Kier molecular flexibility index (Phi) is 6.26. The van der Waals surface area contributed by atoms with Crippen LogP contribution in [0, 0.1) is 0 Å². The number of fused-ring (bicyclic) bond motifs is 1. The van der Waals surface area contributed by atoms with Crippen molar-refractivity contribution < 1.29 is 29.6 Å². The van der Waals surface area contributed by atoms with Crippen LogP contribution in [-0.4, -0.2) is 34.8 Å². The summed E-state index contributed by atoms with van der Waals surface area (Å²) in [4.78, 5) is 13.5. The predicted molar refractivity (Wildman–Crippen MR) is 123 cm³/mol. The van der Waals surface area contributed by atoms with E-state index in [1.54, 1.807) is 12.1 Å². The highest BCUT2D eigenvalue weighted by Gasteiger charge is 2.37. The number of ether oxygens (including phenoxy) is 2.